The first-order valence-electron chi connectivity index (χ1n) is 8.72. The molecule has 4 rings (SSSR count). The van der Waals surface area contributed by atoms with Gasteiger partial charge in [-0.25, -0.2) is 19.6 Å². The number of carbonyl (C=O) groups is 2. The first-order valence-corrected chi connectivity index (χ1v) is 8.72. The van der Waals surface area contributed by atoms with E-state index >= 15 is 0 Å². The summed E-state index contributed by atoms with van der Waals surface area (Å²) in [7, 11) is 0. The van der Waals surface area contributed by atoms with Crippen LogP contribution in [0.25, 0.3) is 32.8 Å². The minimum atomic E-state index is -1.06. The van der Waals surface area contributed by atoms with Gasteiger partial charge in [-0.05, 0) is 37.3 Å². The zero-order valence-electron chi connectivity index (χ0n) is 15.0. The number of carbonyl (C=O) groups excluding carboxylic acids is 1. The molecule has 7 heteroatoms. The molecule has 0 amide bonds. The number of ether oxygens (including phenoxy) is 2. The molecule has 140 valence electrons. The number of hydrogen-bond acceptors (Lipinski definition) is 6. The van der Waals surface area contributed by atoms with E-state index in [2.05, 4.69) is 9.97 Å². The molecule has 0 atom stereocenters. The lowest BCUT2D eigenvalue weighted by molar-refractivity contribution is -0.145. The molecule has 0 fully saturated rings. The number of aromatic carboxylic acids is 1. The van der Waals surface area contributed by atoms with Crippen LogP contribution < -0.4 is 4.74 Å². The van der Waals surface area contributed by atoms with E-state index in [4.69, 9.17) is 9.47 Å². The minimum absolute atomic E-state index is 0.0959. The van der Waals surface area contributed by atoms with Crippen LogP contribution >= 0.6 is 0 Å². The van der Waals surface area contributed by atoms with Gasteiger partial charge < -0.3 is 14.6 Å². The van der Waals surface area contributed by atoms with Crippen molar-refractivity contribution >= 4 is 44.8 Å². The molecule has 0 aliphatic carbocycles. The van der Waals surface area contributed by atoms with Gasteiger partial charge in [0.25, 0.3) is 0 Å². The molecule has 28 heavy (non-hydrogen) atoms. The van der Waals surface area contributed by atoms with Crippen molar-refractivity contribution in [3.63, 3.8) is 0 Å². The van der Waals surface area contributed by atoms with E-state index in [9.17, 15) is 14.7 Å². The lowest BCUT2D eigenvalue weighted by Gasteiger charge is -2.11. The first kappa shape index (κ1) is 17.7. The Morgan fingerprint density at radius 2 is 1.71 bits per heavy atom. The quantitative estimate of drug-likeness (QED) is 0.323. The van der Waals surface area contributed by atoms with Gasteiger partial charge in [-0.15, -0.1) is 0 Å². The van der Waals surface area contributed by atoms with E-state index in [1.165, 1.54) is 6.07 Å². The van der Waals surface area contributed by atoms with Gasteiger partial charge in [0.2, 0.25) is 0 Å². The van der Waals surface area contributed by atoms with E-state index in [-0.39, 0.29) is 18.8 Å². The zero-order chi connectivity index (χ0) is 19.7. The molecule has 1 heterocycles. The van der Waals surface area contributed by atoms with Crippen LogP contribution in [0, 0.1) is 0 Å². The summed E-state index contributed by atoms with van der Waals surface area (Å²) < 4.78 is 10.5. The summed E-state index contributed by atoms with van der Waals surface area (Å²) in [5.74, 6) is -0.990. The SMILES string of the molecule is CCOC(=O)COc1cccc2c1ccc1nc3cccc(C(=O)O)c3nc12. The number of esters is 1. The van der Waals surface area contributed by atoms with Crippen molar-refractivity contribution in [3.8, 4) is 5.75 Å². The predicted octanol–water partition coefficient (Wildman–Crippen LogP) is 3.58. The zero-order valence-corrected chi connectivity index (χ0v) is 15.0. The van der Waals surface area contributed by atoms with Gasteiger partial charge in [-0.1, -0.05) is 18.2 Å². The standard InChI is InChI=1S/C21H16N2O5/c1-2-27-18(24)11-28-17-8-4-5-13-12(17)9-10-16-19(13)23-20-14(21(25)26)6-3-7-15(20)22-16/h3-10H,2,11H2,1H3,(H,25,26). The van der Waals surface area contributed by atoms with Crippen molar-refractivity contribution in [2.45, 2.75) is 6.92 Å². The second kappa shape index (κ2) is 7.11. The number of carboxylic acid groups (broad SMARTS) is 1. The molecule has 7 nitrogen and oxygen atoms in total. The van der Waals surface area contributed by atoms with Gasteiger partial charge in [-0.2, -0.15) is 0 Å². The van der Waals surface area contributed by atoms with Crippen LogP contribution in [0.5, 0.6) is 5.75 Å². The van der Waals surface area contributed by atoms with Crippen LogP contribution in [0.4, 0.5) is 0 Å². The topological polar surface area (TPSA) is 98.6 Å². The van der Waals surface area contributed by atoms with E-state index in [0.29, 0.717) is 27.8 Å². The molecule has 4 aromatic rings. The number of aromatic nitrogens is 2. The van der Waals surface area contributed by atoms with Gasteiger partial charge in [0.15, 0.2) is 6.61 Å². The Morgan fingerprint density at radius 1 is 0.929 bits per heavy atom. The number of rotatable bonds is 5. The second-order valence-corrected chi connectivity index (χ2v) is 6.08. The summed E-state index contributed by atoms with van der Waals surface area (Å²) in [5, 5.41) is 11.0. The first-order chi connectivity index (χ1) is 13.6. The second-order valence-electron chi connectivity index (χ2n) is 6.08. The maximum Gasteiger partial charge on any atom is 0.344 e. The number of hydrogen-bond donors (Lipinski definition) is 1. The molecule has 3 aromatic carbocycles. The Bertz CT molecular complexity index is 1240. The molecular formula is C21H16N2O5. The van der Waals surface area contributed by atoms with Crippen LogP contribution in [0.15, 0.2) is 48.5 Å². The summed E-state index contributed by atoms with van der Waals surface area (Å²) in [6.45, 7) is 1.82. The van der Waals surface area contributed by atoms with Gasteiger partial charge in [0.1, 0.15) is 11.3 Å². The third kappa shape index (κ3) is 3.07. The third-order valence-corrected chi connectivity index (χ3v) is 4.33. The predicted molar refractivity (Wildman–Crippen MR) is 104 cm³/mol. The number of benzene rings is 3. The fourth-order valence-electron chi connectivity index (χ4n) is 3.13. The molecule has 0 saturated carbocycles. The van der Waals surface area contributed by atoms with E-state index in [1.807, 2.05) is 12.1 Å². The molecular weight excluding hydrogens is 360 g/mol. The molecule has 0 unspecified atom stereocenters. The summed E-state index contributed by atoms with van der Waals surface area (Å²) in [6.07, 6.45) is 0. The van der Waals surface area contributed by atoms with Crippen LogP contribution in [0.3, 0.4) is 0 Å². The Balaban J connectivity index is 1.89. The highest BCUT2D eigenvalue weighted by molar-refractivity contribution is 6.10. The van der Waals surface area contributed by atoms with E-state index in [0.717, 1.165) is 10.8 Å². The van der Waals surface area contributed by atoms with Crippen LogP contribution in [0.1, 0.15) is 17.3 Å². The summed E-state index contributed by atoms with van der Waals surface area (Å²) >= 11 is 0. The molecule has 0 bridgehead atoms. The Kier molecular flexibility index (Phi) is 4.49. The monoisotopic (exact) mass is 376 g/mol. The van der Waals surface area contributed by atoms with Gasteiger partial charge in [0, 0.05) is 10.8 Å². The fraction of sp³-hybridized carbons (Fsp3) is 0.143. The Morgan fingerprint density at radius 3 is 2.50 bits per heavy atom. The van der Waals surface area contributed by atoms with Crippen molar-refractivity contribution in [3.05, 3.63) is 54.1 Å². The van der Waals surface area contributed by atoms with Crippen LogP contribution in [0.2, 0.25) is 0 Å². The maximum atomic E-state index is 11.6. The Hall–Kier alpha value is -3.74. The van der Waals surface area contributed by atoms with Crippen molar-refractivity contribution in [1.82, 2.24) is 9.97 Å². The largest absolute Gasteiger partial charge is 0.481 e. The van der Waals surface area contributed by atoms with Gasteiger partial charge in [0.05, 0.1) is 28.7 Å². The number of nitrogens with zero attached hydrogens (tertiary/aromatic N) is 2. The number of fused-ring (bicyclic) bond motifs is 4. The highest BCUT2D eigenvalue weighted by Crippen LogP contribution is 2.31. The number of para-hydroxylation sites is 1. The van der Waals surface area contributed by atoms with Crippen molar-refractivity contribution < 1.29 is 24.2 Å². The average Bonchev–Trinajstić information content (AvgIpc) is 2.70. The van der Waals surface area contributed by atoms with Crippen molar-refractivity contribution in [2.24, 2.45) is 0 Å². The van der Waals surface area contributed by atoms with Crippen LogP contribution in [-0.2, 0) is 9.53 Å². The smallest absolute Gasteiger partial charge is 0.344 e. The Labute approximate surface area is 159 Å². The summed E-state index contributed by atoms with van der Waals surface area (Å²) in [5.41, 5.74) is 2.15. The average molecular weight is 376 g/mol. The molecule has 0 aliphatic rings. The van der Waals surface area contributed by atoms with Crippen molar-refractivity contribution in [2.75, 3.05) is 13.2 Å². The van der Waals surface area contributed by atoms with Crippen molar-refractivity contribution in [1.29, 1.82) is 0 Å². The highest BCUT2D eigenvalue weighted by atomic mass is 16.6. The maximum absolute atomic E-state index is 11.6. The van der Waals surface area contributed by atoms with Crippen LogP contribution in [-0.4, -0.2) is 40.2 Å². The summed E-state index contributed by atoms with van der Waals surface area (Å²) in [4.78, 5) is 32.3. The molecule has 1 aromatic heterocycles. The molecule has 0 spiro atoms. The lowest BCUT2D eigenvalue weighted by Crippen LogP contribution is -2.14. The molecule has 0 aliphatic heterocycles. The highest BCUT2D eigenvalue weighted by Gasteiger charge is 2.14. The van der Waals surface area contributed by atoms with E-state index in [1.54, 1.807) is 37.3 Å². The number of carboxylic acids is 1. The molecule has 0 radical (unpaired) electrons. The third-order valence-electron chi connectivity index (χ3n) is 4.33. The fourth-order valence-corrected chi connectivity index (χ4v) is 3.13. The van der Waals surface area contributed by atoms with E-state index < -0.39 is 11.9 Å². The molecule has 1 N–H and O–H groups in total. The minimum Gasteiger partial charge on any atom is -0.481 e. The summed E-state index contributed by atoms with van der Waals surface area (Å²) in [6, 6.07) is 13.9. The van der Waals surface area contributed by atoms with Gasteiger partial charge in [-0.3, -0.25) is 0 Å². The van der Waals surface area contributed by atoms with Gasteiger partial charge >= 0.3 is 11.9 Å². The normalized spacial score (nSPS) is 11.0. The lowest BCUT2D eigenvalue weighted by atomic mass is 10.1. The molecule has 0 saturated heterocycles.